The van der Waals surface area contributed by atoms with Gasteiger partial charge in [0, 0.05) is 51.0 Å². The van der Waals surface area contributed by atoms with Crippen molar-refractivity contribution in [3.8, 4) is 0 Å². The van der Waals surface area contributed by atoms with Crippen molar-refractivity contribution in [1.82, 2.24) is 20.0 Å². The van der Waals surface area contributed by atoms with Crippen LogP contribution in [0.3, 0.4) is 0 Å². The van der Waals surface area contributed by atoms with E-state index in [-0.39, 0.29) is 73.5 Å². The van der Waals surface area contributed by atoms with Gasteiger partial charge >= 0.3 is 6.03 Å². The van der Waals surface area contributed by atoms with E-state index in [9.17, 15) is 23.2 Å². The molecule has 3 heterocycles. The molecular weight excluding hydrogens is 502 g/mol. The van der Waals surface area contributed by atoms with Crippen molar-refractivity contribution in [2.45, 2.75) is 101 Å². The van der Waals surface area contributed by atoms with Crippen LogP contribution in [0.4, 0.5) is 13.6 Å². The lowest BCUT2D eigenvalue weighted by atomic mass is 9.80. The van der Waals surface area contributed by atoms with Gasteiger partial charge in [-0.25, -0.2) is 13.6 Å². The van der Waals surface area contributed by atoms with Crippen LogP contribution in [-0.2, 0) is 9.59 Å². The summed E-state index contributed by atoms with van der Waals surface area (Å²) >= 11 is 0. The van der Waals surface area contributed by atoms with Crippen molar-refractivity contribution in [2.75, 3.05) is 20.1 Å². The highest BCUT2D eigenvalue weighted by Crippen LogP contribution is 2.47. The van der Waals surface area contributed by atoms with Gasteiger partial charge < -0.3 is 10.2 Å². The number of benzene rings is 1. The lowest BCUT2D eigenvalue weighted by Crippen LogP contribution is -2.61. The molecule has 4 fully saturated rings. The van der Waals surface area contributed by atoms with Crippen LogP contribution in [0.5, 0.6) is 0 Å². The van der Waals surface area contributed by atoms with Crippen molar-refractivity contribution in [2.24, 2.45) is 11.8 Å². The highest BCUT2D eigenvalue weighted by molar-refractivity contribution is 6.07. The summed E-state index contributed by atoms with van der Waals surface area (Å²) in [5, 5.41) is 3.19. The normalized spacial score (nSPS) is 30.0. The van der Waals surface area contributed by atoms with Crippen molar-refractivity contribution in [3.05, 3.63) is 35.9 Å². The number of fused-ring (bicyclic) bond motifs is 2. The second-order valence-corrected chi connectivity index (χ2v) is 12.6. The van der Waals surface area contributed by atoms with Crippen molar-refractivity contribution < 1.29 is 23.2 Å². The predicted molar refractivity (Wildman–Crippen MR) is 144 cm³/mol. The van der Waals surface area contributed by atoms with Gasteiger partial charge in [-0.05, 0) is 56.4 Å². The molecule has 4 amide bonds. The third-order valence-corrected chi connectivity index (χ3v) is 9.49. The Morgan fingerprint density at radius 3 is 2.23 bits per heavy atom. The van der Waals surface area contributed by atoms with Gasteiger partial charge in [0.05, 0.1) is 6.04 Å². The molecule has 1 saturated carbocycles. The van der Waals surface area contributed by atoms with E-state index in [4.69, 9.17) is 0 Å². The first-order valence-corrected chi connectivity index (χ1v) is 14.6. The maximum Gasteiger partial charge on any atom is 0.327 e. The van der Waals surface area contributed by atoms with Crippen molar-refractivity contribution in [3.63, 3.8) is 0 Å². The van der Waals surface area contributed by atoms with Crippen molar-refractivity contribution in [1.29, 1.82) is 0 Å². The van der Waals surface area contributed by atoms with E-state index >= 15 is 0 Å². The van der Waals surface area contributed by atoms with E-state index in [0.29, 0.717) is 25.8 Å². The van der Waals surface area contributed by atoms with Gasteiger partial charge in [-0.2, -0.15) is 0 Å². The Kier molecular flexibility index (Phi) is 7.74. The molecule has 3 aliphatic heterocycles. The molecule has 1 aliphatic carbocycles. The molecule has 4 aliphatic rings. The molecule has 5 rings (SSSR count). The number of halogens is 2. The van der Waals surface area contributed by atoms with Crippen LogP contribution in [-0.4, -0.2) is 76.2 Å². The Bertz CT molecular complexity index is 1060. The topological polar surface area (TPSA) is 73.0 Å². The second kappa shape index (κ2) is 10.8. The molecule has 1 spiro atoms. The molecule has 0 aromatic heterocycles. The van der Waals surface area contributed by atoms with E-state index in [0.717, 1.165) is 24.9 Å². The highest BCUT2D eigenvalue weighted by Gasteiger charge is 2.61. The second-order valence-electron chi connectivity index (χ2n) is 12.6. The number of rotatable bonds is 8. The number of alkyl halides is 2. The summed E-state index contributed by atoms with van der Waals surface area (Å²) in [6.45, 7) is 5.48. The zero-order chi connectivity index (χ0) is 27.9. The summed E-state index contributed by atoms with van der Waals surface area (Å²) in [5.41, 5.74) is 0.253. The molecule has 39 heavy (non-hydrogen) atoms. The SMILES string of the molecule is CC(C)CN1C(=O)N(C)C(=O)C12CC1CCC(C2)N1CCC(NC(=O)C1CCC(F)(F)CC1)c1ccccc1. The van der Waals surface area contributed by atoms with Gasteiger partial charge in [-0.3, -0.25) is 19.4 Å². The average molecular weight is 545 g/mol. The standard InChI is InChI=1S/C30H42F2N4O3/c1-20(2)19-36-28(39)34(3)27(38)29(36)17-23-9-10-24(18-29)35(23)16-13-25(21-7-5-4-6-8-21)33-26(37)22-11-14-30(31,32)15-12-22/h4-8,20,22-25H,9-19H2,1-3H3,(H,33,37). The van der Waals surface area contributed by atoms with Gasteiger partial charge in [-0.15, -0.1) is 0 Å². The molecule has 3 saturated heterocycles. The number of likely N-dealkylation sites (N-methyl/N-ethyl adjacent to an activating group) is 1. The maximum absolute atomic E-state index is 13.7. The lowest BCUT2D eigenvalue weighted by molar-refractivity contribution is -0.137. The zero-order valence-electron chi connectivity index (χ0n) is 23.4. The van der Waals surface area contributed by atoms with Gasteiger partial charge in [0.15, 0.2) is 0 Å². The lowest BCUT2D eigenvalue weighted by Gasteiger charge is -2.47. The minimum Gasteiger partial charge on any atom is -0.349 e. The summed E-state index contributed by atoms with van der Waals surface area (Å²) in [6, 6.07) is 9.85. The number of hydrogen-bond donors (Lipinski definition) is 1. The van der Waals surface area contributed by atoms with Crippen LogP contribution >= 0.6 is 0 Å². The molecule has 3 unspecified atom stereocenters. The molecule has 1 aromatic rings. The monoisotopic (exact) mass is 544 g/mol. The first kappa shape index (κ1) is 28.0. The van der Waals surface area contributed by atoms with Crippen LogP contribution < -0.4 is 5.32 Å². The fourth-order valence-corrected chi connectivity index (χ4v) is 7.45. The van der Waals surface area contributed by atoms with Crippen LogP contribution in [0.15, 0.2) is 30.3 Å². The van der Waals surface area contributed by atoms with E-state index in [1.54, 1.807) is 7.05 Å². The molecule has 7 nitrogen and oxygen atoms in total. The number of nitrogens with zero attached hydrogens (tertiary/aromatic N) is 3. The predicted octanol–water partition coefficient (Wildman–Crippen LogP) is 4.98. The number of urea groups is 1. The first-order chi connectivity index (χ1) is 18.5. The highest BCUT2D eigenvalue weighted by atomic mass is 19.3. The Labute approximate surface area is 230 Å². The Morgan fingerprint density at radius 1 is 1.03 bits per heavy atom. The molecule has 214 valence electrons. The fraction of sp³-hybridized carbons (Fsp3) is 0.700. The third kappa shape index (κ3) is 5.43. The zero-order valence-corrected chi connectivity index (χ0v) is 23.4. The minimum absolute atomic E-state index is 0.0721. The largest absolute Gasteiger partial charge is 0.349 e. The molecule has 9 heteroatoms. The first-order valence-electron chi connectivity index (χ1n) is 14.6. The van der Waals surface area contributed by atoms with E-state index in [1.165, 1.54) is 4.90 Å². The Morgan fingerprint density at radius 2 is 1.64 bits per heavy atom. The van der Waals surface area contributed by atoms with Gasteiger partial charge in [0.2, 0.25) is 11.8 Å². The van der Waals surface area contributed by atoms with Crippen LogP contribution in [0, 0.1) is 11.8 Å². The number of carbonyl (C=O) groups is 3. The third-order valence-electron chi connectivity index (χ3n) is 9.49. The number of imide groups is 1. The maximum atomic E-state index is 13.7. The summed E-state index contributed by atoms with van der Waals surface area (Å²) in [4.78, 5) is 45.2. The molecular formula is C30H42F2N4O3. The molecule has 0 radical (unpaired) electrons. The minimum atomic E-state index is -2.66. The van der Waals surface area contributed by atoms with Crippen LogP contribution in [0.25, 0.3) is 0 Å². The number of piperidine rings is 1. The van der Waals surface area contributed by atoms with Crippen LogP contribution in [0.2, 0.25) is 0 Å². The Hall–Kier alpha value is -2.55. The van der Waals surface area contributed by atoms with E-state index in [1.807, 2.05) is 35.2 Å². The van der Waals surface area contributed by atoms with Gasteiger partial charge in [-0.1, -0.05) is 44.2 Å². The van der Waals surface area contributed by atoms with Gasteiger partial charge in [0.25, 0.3) is 5.91 Å². The summed E-state index contributed by atoms with van der Waals surface area (Å²) in [7, 11) is 1.60. The average Bonchev–Trinajstić information content (AvgIpc) is 3.23. The molecule has 3 atom stereocenters. The molecule has 2 bridgehead atoms. The van der Waals surface area contributed by atoms with E-state index < -0.39 is 11.5 Å². The summed E-state index contributed by atoms with van der Waals surface area (Å²) in [5.74, 6) is -2.98. The molecule has 1 N–H and O–H groups in total. The summed E-state index contributed by atoms with van der Waals surface area (Å²) < 4.78 is 27.3. The van der Waals surface area contributed by atoms with Gasteiger partial charge in [0.1, 0.15) is 5.54 Å². The fourth-order valence-electron chi connectivity index (χ4n) is 7.45. The molecule has 1 aromatic carbocycles. The number of hydrogen-bond acceptors (Lipinski definition) is 4. The number of nitrogens with one attached hydrogen (secondary N) is 1. The smallest absolute Gasteiger partial charge is 0.327 e. The van der Waals surface area contributed by atoms with Crippen molar-refractivity contribution >= 4 is 17.8 Å². The number of amides is 4. The summed E-state index contributed by atoms with van der Waals surface area (Å²) in [6.07, 6.45) is 3.93. The quantitative estimate of drug-likeness (QED) is 0.469. The van der Waals surface area contributed by atoms with Crippen LogP contribution in [0.1, 0.15) is 83.2 Å². The van der Waals surface area contributed by atoms with E-state index in [2.05, 4.69) is 24.1 Å². The Balaban J connectivity index is 1.28. The number of carbonyl (C=O) groups excluding carboxylic acids is 3.